The summed E-state index contributed by atoms with van der Waals surface area (Å²) in [6.45, 7) is 0. The topological polar surface area (TPSA) is 63.3 Å². The molecule has 1 fully saturated rings. The minimum atomic E-state index is -0.745. The van der Waals surface area contributed by atoms with Gasteiger partial charge in [0, 0.05) is 17.5 Å². The highest BCUT2D eigenvalue weighted by atomic mass is 35.5. The predicted molar refractivity (Wildman–Crippen MR) is 71.3 cm³/mol. The third-order valence-electron chi connectivity index (χ3n) is 3.90. The molecule has 100 valence electrons. The molecule has 1 saturated carbocycles. The van der Waals surface area contributed by atoms with Crippen LogP contribution in [0.5, 0.6) is 0 Å². The number of halogens is 1. The summed E-state index contributed by atoms with van der Waals surface area (Å²) >= 11 is 5.89. The molecule has 0 aliphatic heterocycles. The lowest BCUT2D eigenvalue weighted by Crippen LogP contribution is -2.30. The van der Waals surface area contributed by atoms with Crippen molar-refractivity contribution in [3.63, 3.8) is 0 Å². The fourth-order valence-electron chi connectivity index (χ4n) is 2.83. The van der Waals surface area contributed by atoms with Crippen molar-refractivity contribution < 1.29 is 14.3 Å². The summed E-state index contributed by atoms with van der Waals surface area (Å²) in [4.78, 5) is 15.9. The molecule has 0 bridgehead atoms. The fourth-order valence-corrected chi connectivity index (χ4v) is 2.99. The molecule has 0 atom stereocenters. The molecule has 0 spiro atoms. The van der Waals surface area contributed by atoms with E-state index in [0.717, 1.165) is 18.4 Å². The number of hydrogen-bond donors (Lipinski definition) is 1. The van der Waals surface area contributed by atoms with Crippen molar-refractivity contribution in [2.75, 3.05) is 0 Å². The molecule has 2 aromatic rings. The van der Waals surface area contributed by atoms with Crippen molar-refractivity contribution in [2.45, 2.75) is 32.1 Å². The summed E-state index contributed by atoms with van der Waals surface area (Å²) in [5, 5.41) is 10.0. The monoisotopic (exact) mass is 279 g/mol. The number of benzene rings is 1. The normalized spacial score (nSPS) is 17.9. The van der Waals surface area contributed by atoms with Crippen molar-refractivity contribution in [3.8, 4) is 0 Å². The van der Waals surface area contributed by atoms with Gasteiger partial charge in [-0.3, -0.25) is 4.79 Å². The minimum Gasteiger partial charge on any atom is -0.481 e. The van der Waals surface area contributed by atoms with Crippen LogP contribution in [0.15, 0.2) is 22.6 Å². The first kappa shape index (κ1) is 12.5. The Kier molecular flexibility index (Phi) is 2.97. The van der Waals surface area contributed by atoms with E-state index >= 15 is 0 Å². The third-order valence-corrected chi connectivity index (χ3v) is 4.13. The number of fused-ring (bicyclic) bond motifs is 1. The summed E-state index contributed by atoms with van der Waals surface area (Å²) in [5.41, 5.74) is 0.629. The molecule has 0 radical (unpaired) electrons. The van der Waals surface area contributed by atoms with E-state index in [0.29, 0.717) is 35.8 Å². The zero-order valence-electron chi connectivity index (χ0n) is 10.4. The van der Waals surface area contributed by atoms with Gasteiger partial charge in [-0.15, -0.1) is 0 Å². The average Bonchev–Trinajstić information content (AvgIpc) is 2.96. The van der Waals surface area contributed by atoms with Gasteiger partial charge in [-0.1, -0.05) is 24.4 Å². The Balaban J connectivity index is 1.94. The molecule has 3 rings (SSSR count). The van der Waals surface area contributed by atoms with Crippen LogP contribution in [0.4, 0.5) is 0 Å². The molecule has 4 nitrogen and oxygen atoms in total. The van der Waals surface area contributed by atoms with E-state index in [9.17, 15) is 9.90 Å². The number of hydrogen-bond acceptors (Lipinski definition) is 3. The van der Waals surface area contributed by atoms with Gasteiger partial charge in [-0.2, -0.15) is 0 Å². The number of carboxylic acids is 1. The lowest BCUT2D eigenvalue weighted by atomic mass is 9.83. The summed E-state index contributed by atoms with van der Waals surface area (Å²) in [5.74, 6) is -0.258. The van der Waals surface area contributed by atoms with E-state index in [1.165, 1.54) is 0 Å². The Labute approximate surface area is 115 Å². The van der Waals surface area contributed by atoms with Crippen LogP contribution in [-0.2, 0) is 11.2 Å². The van der Waals surface area contributed by atoms with Gasteiger partial charge in [0.05, 0.1) is 5.41 Å². The van der Waals surface area contributed by atoms with Gasteiger partial charge < -0.3 is 9.52 Å². The molecule has 1 heterocycles. The van der Waals surface area contributed by atoms with E-state index in [4.69, 9.17) is 16.0 Å². The van der Waals surface area contributed by atoms with Gasteiger partial charge in [0.15, 0.2) is 11.5 Å². The Hall–Kier alpha value is -1.55. The summed E-state index contributed by atoms with van der Waals surface area (Å²) in [6.07, 6.45) is 3.66. The Morgan fingerprint density at radius 3 is 2.84 bits per heavy atom. The molecule has 19 heavy (non-hydrogen) atoms. The molecule has 0 amide bonds. The van der Waals surface area contributed by atoms with Gasteiger partial charge in [-0.25, -0.2) is 4.98 Å². The predicted octanol–water partition coefficient (Wildman–Crippen LogP) is 3.67. The second-order valence-electron chi connectivity index (χ2n) is 5.19. The van der Waals surface area contributed by atoms with Crippen LogP contribution >= 0.6 is 11.6 Å². The summed E-state index contributed by atoms with van der Waals surface area (Å²) < 4.78 is 5.63. The summed E-state index contributed by atoms with van der Waals surface area (Å²) in [6, 6.07) is 5.24. The quantitative estimate of drug-likeness (QED) is 0.931. The van der Waals surface area contributed by atoms with E-state index in [-0.39, 0.29) is 0 Å². The average molecular weight is 280 g/mol. The standard InChI is InChI=1S/C14H14ClNO3/c15-9-3-4-10-11(7-9)19-12(16-10)8-14(13(17)18)5-1-2-6-14/h3-4,7H,1-2,5-6,8H2,(H,17,18). The molecule has 1 aromatic heterocycles. The highest BCUT2D eigenvalue weighted by Gasteiger charge is 2.42. The molecular formula is C14H14ClNO3. The van der Waals surface area contributed by atoms with Crippen LogP contribution in [0, 0.1) is 5.41 Å². The number of aliphatic carboxylic acids is 1. The maximum absolute atomic E-state index is 11.5. The van der Waals surface area contributed by atoms with Crippen molar-refractivity contribution >= 4 is 28.7 Å². The number of carbonyl (C=O) groups is 1. The number of nitrogens with zero attached hydrogens (tertiary/aromatic N) is 1. The van der Waals surface area contributed by atoms with Crippen LogP contribution in [0.1, 0.15) is 31.6 Å². The Bertz CT molecular complexity index is 629. The molecule has 1 N–H and O–H groups in total. The molecule has 1 aliphatic rings. The molecule has 5 heteroatoms. The van der Waals surface area contributed by atoms with Gasteiger partial charge in [-0.05, 0) is 25.0 Å². The first-order chi connectivity index (χ1) is 9.09. The first-order valence-corrected chi connectivity index (χ1v) is 6.75. The lowest BCUT2D eigenvalue weighted by molar-refractivity contribution is -0.148. The van der Waals surface area contributed by atoms with Crippen molar-refractivity contribution in [3.05, 3.63) is 29.1 Å². The zero-order valence-corrected chi connectivity index (χ0v) is 11.1. The Morgan fingerprint density at radius 2 is 2.16 bits per heavy atom. The molecule has 1 aliphatic carbocycles. The zero-order chi connectivity index (χ0) is 13.5. The van der Waals surface area contributed by atoms with E-state index in [1.807, 2.05) is 0 Å². The third kappa shape index (κ3) is 2.21. The van der Waals surface area contributed by atoms with E-state index < -0.39 is 11.4 Å². The second-order valence-corrected chi connectivity index (χ2v) is 5.63. The van der Waals surface area contributed by atoms with E-state index in [1.54, 1.807) is 18.2 Å². The molecule has 1 aromatic carbocycles. The number of oxazole rings is 1. The fraction of sp³-hybridized carbons (Fsp3) is 0.429. The van der Waals surface area contributed by atoms with Crippen molar-refractivity contribution in [1.29, 1.82) is 0 Å². The molecule has 0 unspecified atom stereocenters. The second kappa shape index (κ2) is 4.53. The highest BCUT2D eigenvalue weighted by molar-refractivity contribution is 6.31. The number of carboxylic acid groups (broad SMARTS) is 1. The maximum atomic E-state index is 11.5. The minimum absolute atomic E-state index is 0.356. The first-order valence-electron chi connectivity index (χ1n) is 6.37. The van der Waals surface area contributed by atoms with Gasteiger partial charge in [0.2, 0.25) is 0 Å². The molecule has 0 saturated heterocycles. The highest BCUT2D eigenvalue weighted by Crippen LogP contribution is 2.41. The maximum Gasteiger partial charge on any atom is 0.310 e. The van der Waals surface area contributed by atoms with Gasteiger partial charge >= 0.3 is 5.97 Å². The van der Waals surface area contributed by atoms with Gasteiger partial charge in [0.25, 0.3) is 0 Å². The Morgan fingerprint density at radius 1 is 1.42 bits per heavy atom. The van der Waals surface area contributed by atoms with Crippen LogP contribution in [0.2, 0.25) is 5.02 Å². The van der Waals surface area contributed by atoms with Crippen LogP contribution in [0.25, 0.3) is 11.1 Å². The lowest BCUT2D eigenvalue weighted by Gasteiger charge is -2.21. The van der Waals surface area contributed by atoms with Crippen molar-refractivity contribution in [1.82, 2.24) is 4.98 Å². The van der Waals surface area contributed by atoms with Crippen LogP contribution in [-0.4, -0.2) is 16.1 Å². The largest absolute Gasteiger partial charge is 0.481 e. The van der Waals surface area contributed by atoms with E-state index in [2.05, 4.69) is 4.98 Å². The number of rotatable bonds is 3. The van der Waals surface area contributed by atoms with Gasteiger partial charge in [0.1, 0.15) is 5.52 Å². The SMILES string of the molecule is O=C(O)C1(Cc2nc3ccc(Cl)cc3o2)CCCC1. The summed E-state index contributed by atoms with van der Waals surface area (Å²) in [7, 11) is 0. The van der Waals surface area contributed by atoms with Crippen LogP contribution < -0.4 is 0 Å². The van der Waals surface area contributed by atoms with Crippen molar-refractivity contribution in [2.24, 2.45) is 5.41 Å². The van der Waals surface area contributed by atoms with Crippen LogP contribution in [0.3, 0.4) is 0 Å². The molecular weight excluding hydrogens is 266 g/mol. The number of aromatic nitrogens is 1. The smallest absolute Gasteiger partial charge is 0.310 e.